The zero-order valence-corrected chi connectivity index (χ0v) is 15.3. The quantitative estimate of drug-likeness (QED) is 0.593. The van der Waals surface area contributed by atoms with Crippen LogP contribution < -0.4 is 5.32 Å². The van der Waals surface area contributed by atoms with Gasteiger partial charge in [-0.2, -0.15) is 10.2 Å². The molecule has 0 unspecified atom stereocenters. The van der Waals surface area contributed by atoms with Gasteiger partial charge in [-0.15, -0.1) is 0 Å². The second-order valence-corrected chi connectivity index (χ2v) is 6.51. The van der Waals surface area contributed by atoms with Gasteiger partial charge in [0, 0.05) is 11.3 Å². The molecule has 136 valence electrons. The van der Waals surface area contributed by atoms with Gasteiger partial charge in [-0.25, -0.2) is 9.50 Å². The first-order valence-electron chi connectivity index (χ1n) is 8.76. The topological polar surface area (TPSA) is 77.1 Å². The number of nitrogens with one attached hydrogen (secondary N) is 1. The van der Waals surface area contributed by atoms with Crippen molar-refractivity contribution in [1.29, 1.82) is 0 Å². The summed E-state index contributed by atoms with van der Waals surface area (Å²) in [5, 5.41) is 11.6. The third-order valence-electron chi connectivity index (χ3n) is 4.44. The van der Waals surface area contributed by atoms with Gasteiger partial charge in [0.2, 0.25) is 0 Å². The minimum absolute atomic E-state index is 0.123. The highest BCUT2D eigenvalue weighted by Gasteiger charge is 2.09. The summed E-state index contributed by atoms with van der Waals surface area (Å²) >= 11 is 0. The fourth-order valence-electron chi connectivity index (χ4n) is 3.13. The van der Waals surface area contributed by atoms with Crippen LogP contribution in [0.5, 0.6) is 0 Å². The first kappa shape index (κ1) is 17.0. The molecule has 0 saturated carbocycles. The van der Waals surface area contributed by atoms with Crippen molar-refractivity contribution in [2.45, 2.75) is 26.9 Å². The smallest absolute Gasteiger partial charge is 0.251 e. The first-order valence-corrected chi connectivity index (χ1v) is 8.76. The van der Waals surface area contributed by atoms with E-state index in [1.165, 1.54) is 6.33 Å². The maximum Gasteiger partial charge on any atom is 0.251 e. The molecule has 0 atom stereocenters. The second-order valence-electron chi connectivity index (χ2n) is 6.51. The lowest BCUT2D eigenvalue weighted by Gasteiger charge is -2.09. The highest BCUT2D eigenvalue weighted by molar-refractivity contribution is 5.94. The summed E-state index contributed by atoms with van der Waals surface area (Å²) in [6, 6.07) is 15.4. The molecular formula is C20H20N6O. The van der Waals surface area contributed by atoms with E-state index in [0.717, 1.165) is 28.3 Å². The van der Waals surface area contributed by atoms with E-state index in [1.54, 1.807) is 4.52 Å². The van der Waals surface area contributed by atoms with Crippen LogP contribution in [0.4, 0.5) is 0 Å². The first-order chi connectivity index (χ1) is 13.1. The van der Waals surface area contributed by atoms with Gasteiger partial charge < -0.3 is 5.32 Å². The van der Waals surface area contributed by atoms with Gasteiger partial charge in [-0.3, -0.25) is 9.48 Å². The highest BCUT2D eigenvalue weighted by Crippen LogP contribution is 2.11. The van der Waals surface area contributed by atoms with E-state index in [9.17, 15) is 4.79 Å². The number of hydrogen-bond donors (Lipinski definition) is 1. The summed E-state index contributed by atoms with van der Waals surface area (Å²) in [7, 11) is 0. The lowest BCUT2D eigenvalue weighted by atomic mass is 10.1. The number of carbonyl (C=O) groups is 1. The Bertz CT molecular complexity index is 1110. The average Bonchev–Trinajstić information content (AvgIpc) is 3.26. The minimum Gasteiger partial charge on any atom is -0.346 e. The molecule has 3 heterocycles. The number of hydrogen-bond acceptors (Lipinski definition) is 4. The largest absolute Gasteiger partial charge is 0.346 e. The Morgan fingerprint density at radius 3 is 2.78 bits per heavy atom. The van der Waals surface area contributed by atoms with Crippen LogP contribution in [-0.4, -0.2) is 30.3 Å². The van der Waals surface area contributed by atoms with E-state index in [4.69, 9.17) is 0 Å². The number of rotatable bonds is 5. The Kier molecular flexibility index (Phi) is 4.42. The van der Waals surface area contributed by atoms with Crippen molar-refractivity contribution in [2.75, 3.05) is 0 Å². The Labute approximate surface area is 156 Å². The predicted octanol–water partition coefficient (Wildman–Crippen LogP) is 2.52. The van der Waals surface area contributed by atoms with E-state index in [0.29, 0.717) is 18.7 Å². The normalized spacial score (nSPS) is 11.0. The van der Waals surface area contributed by atoms with E-state index < -0.39 is 0 Å². The molecule has 4 rings (SSSR count). The van der Waals surface area contributed by atoms with Gasteiger partial charge in [-0.05, 0) is 49.7 Å². The minimum atomic E-state index is -0.123. The second kappa shape index (κ2) is 7.03. The number of aryl methyl sites for hydroxylation is 2. The number of benzene rings is 1. The molecule has 0 aliphatic heterocycles. The van der Waals surface area contributed by atoms with E-state index >= 15 is 0 Å². The molecule has 27 heavy (non-hydrogen) atoms. The lowest BCUT2D eigenvalue weighted by molar-refractivity contribution is 0.0950. The highest BCUT2D eigenvalue weighted by atomic mass is 16.1. The van der Waals surface area contributed by atoms with Gasteiger partial charge in [-0.1, -0.05) is 18.2 Å². The molecule has 1 aromatic carbocycles. The summed E-state index contributed by atoms with van der Waals surface area (Å²) in [5.41, 5.74) is 5.38. The molecule has 0 aliphatic carbocycles. The maximum absolute atomic E-state index is 12.6. The van der Waals surface area contributed by atoms with Crippen molar-refractivity contribution in [2.24, 2.45) is 0 Å². The number of nitrogens with zero attached hydrogens (tertiary/aromatic N) is 5. The molecule has 0 fully saturated rings. The van der Waals surface area contributed by atoms with Crippen molar-refractivity contribution in [3.8, 4) is 0 Å². The van der Waals surface area contributed by atoms with Gasteiger partial charge in [0.25, 0.3) is 5.91 Å². The van der Waals surface area contributed by atoms with Crippen molar-refractivity contribution in [3.63, 3.8) is 0 Å². The summed E-state index contributed by atoms with van der Waals surface area (Å²) in [6.07, 6.45) is 1.50. The van der Waals surface area contributed by atoms with Gasteiger partial charge in [0.15, 0.2) is 5.65 Å². The SMILES string of the molecule is Cc1cc(C)n(Cc2cccc(C(=O)NCc3cccc4ncnn34)c2)n1. The molecule has 1 amide bonds. The summed E-state index contributed by atoms with van der Waals surface area (Å²) in [5.74, 6) is -0.123. The van der Waals surface area contributed by atoms with Crippen LogP contribution in [0.2, 0.25) is 0 Å². The Morgan fingerprint density at radius 1 is 1.11 bits per heavy atom. The van der Waals surface area contributed by atoms with Crippen molar-refractivity contribution in [1.82, 2.24) is 29.7 Å². The van der Waals surface area contributed by atoms with Crippen LogP contribution >= 0.6 is 0 Å². The Hall–Kier alpha value is -3.48. The number of carbonyl (C=O) groups excluding carboxylic acids is 1. The molecule has 0 bridgehead atoms. The molecule has 1 N–H and O–H groups in total. The molecule has 7 heteroatoms. The van der Waals surface area contributed by atoms with Crippen LogP contribution in [-0.2, 0) is 13.1 Å². The fourth-order valence-corrected chi connectivity index (χ4v) is 3.13. The predicted molar refractivity (Wildman–Crippen MR) is 101 cm³/mol. The van der Waals surface area contributed by atoms with Gasteiger partial charge in [0.05, 0.1) is 24.5 Å². The van der Waals surface area contributed by atoms with Gasteiger partial charge in [0.1, 0.15) is 6.33 Å². The number of fused-ring (bicyclic) bond motifs is 1. The number of aromatic nitrogens is 5. The number of pyridine rings is 1. The summed E-state index contributed by atoms with van der Waals surface area (Å²) in [4.78, 5) is 16.7. The van der Waals surface area contributed by atoms with Crippen LogP contribution in [0.1, 0.15) is 33.0 Å². The van der Waals surface area contributed by atoms with Crippen molar-refractivity contribution in [3.05, 3.63) is 83.1 Å². The van der Waals surface area contributed by atoms with Crippen molar-refractivity contribution < 1.29 is 4.79 Å². The molecule has 3 aromatic heterocycles. The van der Waals surface area contributed by atoms with E-state index in [2.05, 4.69) is 20.5 Å². The van der Waals surface area contributed by atoms with Gasteiger partial charge >= 0.3 is 0 Å². The summed E-state index contributed by atoms with van der Waals surface area (Å²) in [6.45, 7) is 5.02. The fraction of sp³-hybridized carbons (Fsp3) is 0.200. The Balaban J connectivity index is 1.47. The number of amides is 1. The monoisotopic (exact) mass is 360 g/mol. The Morgan fingerprint density at radius 2 is 1.96 bits per heavy atom. The standard InChI is InChI=1S/C20H20N6O/c1-14-9-15(2)25(24-14)12-16-5-3-6-17(10-16)20(27)21-11-18-7-4-8-19-22-13-23-26(18)19/h3-10,13H,11-12H2,1-2H3,(H,21,27). The molecule has 0 spiro atoms. The third-order valence-corrected chi connectivity index (χ3v) is 4.44. The molecule has 0 radical (unpaired) electrons. The zero-order chi connectivity index (χ0) is 18.8. The zero-order valence-electron chi connectivity index (χ0n) is 15.3. The van der Waals surface area contributed by atoms with Crippen molar-refractivity contribution >= 4 is 11.6 Å². The van der Waals surface area contributed by atoms with E-state index in [-0.39, 0.29) is 5.91 Å². The molecule has 0 saturated heterocycles. The van der Waals surface area contributed by atoms with E-state index in [1.807, 2.05) is 67.1 Å². The molecule has 7 nitrogen and oxygen atoms in total. The maximum atomic E-state index is 12.6. The molecular weight excluding hydrogens is 340 g/mol. The van der Waals surface area contributed by atoms with Crippen LogP contribution in [0.15, 0.2) is 54.9 Å². The third kappa shape index (κ3) is 3.57. The van der Waals surface area contributed by atoms with Crippen LogP contribution in [0.3, 0.4) is 0 Å². The lowest BCUT2D eigenvalue weighted by Crippen LogP contribution is -2.24. The average molecular weight is 360 g/mol. The van der Waals surface area contributed by atoms with Crippen LogP contribution in [0.25, 0.3) is 5.65 Å². The molecule has 4 aromatic rings. The summed E-state index contributed by atoms with van der Waals surface area (Å²) < 4.78 is 3.66. The van der Waals surface area contributed by atoms with Crippen LogP contribution in [0, 0.1) is 13.8 Å². The molecule has 0 aliphatic rings.